The maximum atomic E-state index is 13.5. The maximum Gasteiger partial charge on any atom is 0.335 e. The van der Waals surface area contributed by atoms with Gasteiger partial charge in [0.15, 0.2) is 11.9 Å². The van der Waals surface area contributed by atoms with Gasteiger partial charge in [-0.05, 0) is 29.7 Å². The van der Waals surface area contributed by atoms with E-state index >= 15 is 0 Å². The van der Waals surface area contributed by atoms with Gasteiger partial charge in [-0.2, -0.15) is 0 Å². The number of hydrogen-bond acceptors (Lipinski definition) is 11. The Hall–Kier alpha value is -3.77. The fourth-order valence-electron chi connectivity index (χ4n) is 9.87. The predicted octanol–water partition coefficient (Wildman–Crippen LogP) is 3.90. The Labute approximate surface area is 272 Å². The van der Waals surface area contributed by atoms with E-state index in [1.54, 1.807) is 32.9 Å². The average molecular weight is 649 g/mol. The molecule has 47 heavy (non-hydrogen) atoms. The lowest BCUT2D eigenvalue weighted by Gasteiger charge is -2.61. The van der Waals surface area contributed by atoms with Crippen molar-refractivity contribution in [2.75, 3.05) is 7.11 Å². The summed E-state index contributed by atoms with van der Waals surface area (Å²) < 4.78 is 36.0. The first-order valence-electron chi connectivity index (χ1n) is 15.8. The van der Waals surface area contributed by atoms with Crippen LogP contribution in [0.4, 0.5) is 0 Å². The van der Waals surface area contributed by atoms with Crippen LogP contribution in [-0.2, 0) is 38.1 Å². The van der Waals surface area contributed by atoms with E-state index < -0.39 is 87.9 Å². The van der Waals surface area contributed by atoms with E-state index in [1.807, 2.05) is 37.3 Å². The predicted molar refractivity (Wildman–Crippen MR) is 164 cm³/mol. The molecule has 2 saturated carbocycles. The highest BCUT2D eigenvalue weighted by Crippen LogP contribution is 2.76. The summed E-state index contributed by atoms with van der Waals surface area (Å²) in [4.78, 5) is 40.2. The molecule has 2 bridgehead atoms. The van der Waals surface area contributed by atoms with Crippen LogP contribution < -0.4 is 0 Å². The van der Waals surface area contributed by atoms with Gasteiger partial charge in [-0.25, -0.2) is 9.59 Å². The van der Waals surface area contributed by atoms with E-state index in [0.717, 1.165) is 5.56 Å². The normalized spacial score (nSPS) is 43.1. The Morgan fingerprint density at radius 2 is 1.81 bits per heavy atom. The molecule has 0 radical (unpaired) electrons. The van der Waals surface area contributed by atoms with Crippen molar-refractivity contribution in [3.8, 4) is 0 Å². The average Bonchev–Trinajstić information content (AvgIpc) is 3.70. The SMILES string of the molecule is C=C1[C@@H]2C[C@@]3(C)[C@H](c4ccoc4)OC(=O)C[C@]13O[C@H]1[C@@H](O)[C@@H](OC(=O)C=Cc3ccccc3)C(C)(C)[C@@H]3[C@H](C(=O)OC)O[C@]2(O)[C@@]13C. The van der Waals surface area contributed by atoms with Crippen molar-refractivity contribution in [1.29, 1.82) is 0 Å². The highest BCUT2D eigenvalue weighted by molar-refractivity contribution is 5.87. The molecule has 3 saturated heterocycles. The first-order chi connectivity index (χ1) is 22.2. The van der Waals surface area contributed by atoms with Gasteiger partial charge in [0, 0.05) is 34.3 Å². The summed E-state index contributed by atoms with van der Waals surface area (Å²) in [6, 6.07) is 10.9. The highest BCUT2D eigenvalue weighted by atomic mass is 16.7. The molecule has 2 N–H and O–H groups in total. The van der Waals surface area contributed by atoms with Gasteiger partial charge in [0.25, 0.3) is 0 Å². The summed E-state index contributed by atoms with van der Waals surface area (Å²) in [5, 5.41) is 25.3. The van der Waals surface area contributed by atoms with E-state index in [1.165, 1.54) is 25.7 Å². The van der Waals surface area contributed by atoms with Gasteiger partial charge in [0.05, 0.1) is 37.6 Å². The topological polar surface area (TPSA) is 151 Å². The monoisotopic (exact) mass is 648 g/mol. The van der Waals surface area contributed by atoms with Crippen molar-refractivity contribution in [2.24, 2.45) is 28.1 Å². The number of fused-ring (bicyclic) bond motifs is 2. The van der Waals surface area contributed by atoms with Gasteiger partial charge in [-0.15, -0.1) is 0 Å². The number of methoxy groups -OCH3 is 1. The molecule has 2 aromatic rings. The number of carbonyl (C=O) groups is 3. The summed E-state index contributed by atoms with van der Waals surface area (Å²) in [5.74, 6) is -5.85. The van der Waals surface area contributed by atoms with Gasteiger partial charge >= 0.3 is 17.9 Å². The number of furan rings is 1. The number of aliphatic hydroxyl groups is 2. The van der Waals surface area contributed by atoms with Crippen LogP contribution in [-0.4, -0.2) is 71.0 Å². The van der Waals surface area contributed by atoms with Crippen molar-refractivity contribution in [2.45, 2.75) is 82.4 Å². The number of cyclic esters (lactones) is 1. The number of esters is 3. The molecule has 3 aliphatic heterocycles. The van der Waals surface area contributed by atoms with Crippen LogP contribution in [0.2, 0.25) is 0 Å². The standard InChI is InChI=1S/C36H40O11/c1-19-22-16-33(4)28(21-14-15-43-18-21)45-24(38)17-35(19,33)47-30-25(39)29(44-23(37)13-12-20-10-8-7-9-11-20)32(2,3)27-26(31(40)42-6)46-36(22,41)34(27,30)5/h7-15,18,22,25-30,39,41H,1,16-17H2,2-6H3/t22-,25-,26+,27-,28-,29+,30-,33-,34+,35-,36-/m0/s1. The van der Waals surface area contributed by atoms with Crippen molar-refractivity contribution in [1.82, 2.24) is 0 Å². The first kappa shape index (κ1) is 31.8. The molecule has 5 aliphatic rings. The Bertz CT molecular complexity index is 1650. The van der Waals surface area contributed by atoms with Crippen LogP contribution in [0.3, 0.4) is 0 Å². The Balaban J connectivity index is 1.37. The summed E-state index contributed by atoms with van der Waals surface area (Å²) in [7, 11) is 1.23. The van der Waals surface area contributed by atoms with Gasteiger partial charge in [0.1, 0.15) is 23.9 Å². The molecule has 11 atom stereocenters. The molecule has 0 unspecified atom stereocenters. The largest absolute Gasteiger partial charge is 0.472 e. The number of ether oxygens (including phenoxy) is 5. The van der Waals surface area contributed by atoms with Gasteiger partial charge < -0.3 is 38.3 Å². The maximum absolute atomic E-state index is 13.5. The fraction of sp³-hybridized carbons (Fsp3) is 0.528. The fourth-order valence-corrected chi connectivity index (χ4v) is 9.87. The van der Waals surface area contributed by atoms with Crippen LogP contribution >= 0.6 is 0 Å². The minimum atomic E-state index is -2.12. The number of carbonyl (C=O) groups excluding carboxylic acids is 3. The third-order valence-corrected chi connectivity index (χ3v) is 12.0. The lowest BCUT2D eigenvalue weighted by atomic mass is 9.49. The highest BCUT2D eigenvalue weighted by Gasteiger charge is 2.84. The molecule has 1 spiro atoms. The first-order valence-corrected chi connectivity index (χ1v) is 15.8. The molecule has 1 aromatic carbocycles. The zero-order valence-electron chi connectivity index (χ0n) is 27.0. The zero-order valence-corrected chi connectivity index (χ0v) is 27.0. The molecule has 1 aromatic heterocycles. The Morgan fingerprint density at radius 1 is 1.09 bits per heavy atom. The summed E-state index contributed by atoms with van der Waals surface area (Å²) in [6.45, 7) is 11.5. The number of hydrogen-bond donors (Lipinski definition) is 2. The van der Waals surface area contributed by atoms with Gasteiger partial charge in [-0.1, -0.05) is 64.6 Å². The molecule has 11 heteroatoms. The van der Waals surface area contributed by atoms with Gasteiger partial charge in [0.2, 0.25) is 0 Å². The summed E-state index contributed by atoms with van der Waals surface area (Å²) in [6.07, 6.45) is -0.398. The molecule has 11 nitrogen and oxygen atoms in total. The lowest BCUT2D eigenvalue weighted by Crippen LogP contribution is -2.72. The van der Waals surface area contributed by atoms with Crippen LogP contribution in [0.5, 0.6) is 0 Å². The third-order valence-electron chi connectivity index (χ3n) is 12.0. The summed E-state index contributed by atoms with van der Waals surface area (Å²) >= 11 is 0. The van der Waals surface area contributed by atoms with E-state index in [0.29, 0.717) is 11.1 Å². The van der Waals surface area contributed by atoms with E-state index in [4.69, 9.17) is 28.1 Å². The van der Waals surface area contributed by atoms with E-state index in [9.17, 15) is 24.6 Å². The molecule has 0 amide bonds. The molecule has 250 valence electrons. The van der Waals surface area contributed by atoms with Gasteiger partial charge in [-0.3, -0.25) is 4.79 Å². The molecular weight excluding hydrogens is 608 g/mol. The lowest BCUT2D eigenvalue weighted by molar-refractivity contribution is -0.336. The molecule has 7 rings (SSSR count). The third kappa shape index (κ3) is 4.03. The number of rotatable bonds is 5. The molecule has 2 aliphatic carbocycles. The number of aliphatic hydroxyl groups excluding tert-OH is 1. The van der Waals surface area contributed by atoms with Crippen LogP contribution in [0.15, 0.2) is 71.6 Å². The van der Waals surface area contributed by atoms with Crippen molar-refractivity contribution >= 4 is 24.0 Å². The zero-order chi connectivity index (χ0) is 33.7. The number of benzene rings is 1. The molecule has 5 fully saturated rings. The quantitative estimate of drug-likeness (QED) is 0.210. The van der Waals surface area contributed by atoms with Crippen LogP contribution in [0.25, 0.3) is 6.08 Å². The molecule has 4 heterocycles. The Kier molecular flexibility index (Phi) is 7.01. The second kappa shape index (κ2) is 10.4. The van der Waals surface area contributed by atoms with Crippen molar-refractivity contribution in [3.05, 3.63) is 78.3 Å². The second-order valence-corrected chi connectivity index (χ2v) is 14.6. The van der Waals surface area contributed by atoms with E-state index in [2.05, 4.69) is 6.58 Å². The Morgan fingerprint density at radius 3 is 2.47 bits per heavy atom. The minimum absolute atomic E-state index is 0.216. The summed E-state index contributed by atoms with van der Waals surface area (Å²) in [5.41, 5.74) is -3.30. The molecular formula is C36H40O11. The second-order valence-electron chi connectivity index (χ2n) is 14.6. The smallest absolute Gasteiger partial charge is 0.335 e. The van der Waals surface area contributed by atoms with Crippen molar-refractivity contribution < 1.29 is 52.7 Å². The minimum Gasteiger partial charge on any atom is -0.472 e. The van der Waals surface area contributed by atoms with Crippen molar-refractivity contribution in [3.63, 3.8) is 0 Å². The van der Waals surface area contributed by atoms with E-state index in [-0.39, 0.29) is 12.8 Å². The van der Waals surface area contributed by atoms with Crippen LogP contribution in [0.1, 0.15) is 57.8 Å². The van der Waals surface area contributed by atoms with Crippen LogP contribution in [0, 0.1) is 28.1 Å².